The fourth-order valence-electron chi connectivity index (χ4n) is 2.60. The van der Waals surface area contributed by atoms with E-state index in [1.165, 1.54) is 11.0 Å². The number of nitrogens with one attached hydrogen (secondary N) is 1. The molecule has 1 atom stereocenters. The molecule has 1 aromatic rings. The second kappa shape index (κ2) is 6.11. The molecule has 0 radical (unpaired) electrons. The predicted octanol–water partition coefficient (Wildman–Crippen LogP) is 1.12. The van der Waals surface area contributed by atoms with Crippen LogP contribution in [-0.4, -0.2) is 40.0 Å². The number of H-pyrrole nitrogens is 1. The number of hydrogen-bond acceptors (Lipinski definition) is 3. The third-order valence-electron chi connectivity index (χ3n) is 3.60. The summed E-state index contributed by atoms with van der Waals surface area (Å²) in [4.78, 5) is 39.2. The maximum atomic E-state index is 12.4. The number of carboxylic acid groups (broad SMARTS) is 1. The lowest BCUT2D eigenvalue weighted by molar-refractivity contribution is -0.141. The number of likely N-dealkylation sites (tertiary alicyclic amines) is 1. The first-order valence-electron chi connectivity index (χ1n) is 7.12. The van der Waals surface area contributed by atoms with Crippen molar-refractivity contribution < 1.29 is 14.7 Å². The number of amides is 1. The number of pyridine rings is 1. The Hall–Kier alpha value is -2.11. The van der Waals surface area contributed by atoms with Gasteiger partial charge in [0.25, 0.3) is 5.91 Å². The van der Waals surface area contributed by atoms with Gasteiger partial charge in [-0.1, -0.05) is 13.8 Å². The molecule has 0 aliphatic carbocycles. The van der Waals surface area contributed by atoms with Gasteiger partial charge in [-0.05, 0) is 24.8 Å². The maximum Gasteiger partial charge on any atom is 0.308 e. The molecule has 2 N–H and O–H groups in total. The van der Waals surface area contributed by atoms with E-state index >= 15 is 0 Å². The summed E-state index contributed by atoms with van der Waals surface area (Å²) < 4.78 is 0. The minimum absolute atomic E-state index is 0.209. The number of nitrogens with zero attached hydrogens (tertiary/aromatic N) is 1. The third kappa shape index (κ3) is 3.71. The van der Waals surface area contributed by atoms with Crippen molar-refractivity contribution in [3.05, 3.63) is 33.7 Å². The Labute approximate surface area is 122 Å². The highest BCUT2D eigenvalue weighted by atomic mass is 16.4. The Kier molecular flexibility index (Phi) is 4.45. The molecule has 114 valence electrons. The number of aliphatic carboxylic acids is 1. The molecule has 1 fully saturated rings. The summed E-state index contributed by atoms with van der Waals surface area (Å²) in [5, 5.41) is 8.98. The zero-order valence-corrected chi connectivity index (χ0v) is 12.3. The van der Waals surface area contributed by atoms with Crippen LogP contribution in [-0.2, 0) is 11.2 Å². The highest BCUT2D eigenvalue weighted by molar-refractivity contribution is 5.94. The van der Waals surface area contributed by atoms with Gasteiger partial charge in [-0.2, -0.15) is 0 Å². The lowest BCUT2D eigenvalue weighted by Gasteiger charge is -2.16. The molecule has 6 nitrogen and oxygen atoms in total. The van der Waals surface area contributed by atoms with Crippen LogP contribution in [0.25, 0.3) is 0 Å². The van der Waals surface area contributed by atoms with Crippen LogP contribution in [0.4, 0.5) is 0 Å². The van der Waals surface area contributed by atoms with Gasteiger partial charge in [0.15, 0.2) is 0 Å². The van der Waals surface area contributed by atoms with Gasteiger partial charge >= 0.3 is 5.97 Å². The molecule has 0 aromatic carbocycles. The topological polar surface area (TPSA) is 90.5 Å². The highest BCUT2D eigenvalue weighted by Crippen LogP contribution is 2.19. The molecule has 2 rings (SSSR count). The number of hydrogen-bond donors (Lipinski definition) is 2. The second-order valence-electron chi connectivity index (χ2n) is 5.93. The molecule has 21 heavy (non-hydrogen) atoms. The monoisotopic (exact) mass is 292 g/mol. The van der Waals surface area contributed by atoms with Gasteiger partial charge in [-0.25, -0.2) is 0 Å². The van der Waals surface area contributed by atoms with Crippen molar-refractivity contribution >= 4 is 11.9 Å². The molecule has 1 saturated heterocycles. The molecule has 1 aromatic heterocycles. The Bertz CT molecular complexity index is 606. The normalized spacial score (nSPS) is 18.2. The zero-order chi connectivity index (χ0) is 15.6. The Morgan fingerprint density at radius 2 is 2.14 bits per heavy atom. The van der Waals surface area contributed by atoms with Crippen molar-refractivity contribution in [2.24, 2.45) is 11.8 Å². The summed E-state index contributed by atoms with van der Waals surface area (Å²) in [6.45, 7) is 4.69. The first-order chi connectivity index (χ1) is 9.86. The number of carbonyl (C=O) groups excluding carboxylic acids is 1. The summed E-state index contributed by atoms with van der Waals surface area (Å²) in [6, 6.07) is 2.97. The van der Waals surface area contributed by atoms with Crippen LogP contribution in [0.2, 0.25) is 0 Å². The van der Waals surface area contributed by atoms with E-state index in [1.807, 2.05) is 13.8 Å². The molecule has 1 aliphatic heterocycles. The zero-order valence-electron chi connectivity index (χ0n) is 12.3. The largest absolute Gasteiger partial charge is 0.481 e. The highest BCUT2D eigenvalue weighted by Gasteiger charge is 2.31. The van der Waals surface area contributed by atoms with Crippen LogP contribution in [0.15, 0.2) is 16.9 Å². The molecule has 1 amide bonds. The Morgan fingerprint density at radius 1 is 1.43 bits per heavy atom. The SMILES string of the molecule is CC(C)Cc1cc(C(=O)N2CCC(C(=O)O)C2)cc(=O)[nH]1. The van der Waals surface area contributed by atoms with Crippen molar-refractivity contribution in [1.29, 1.82) is 0 Å². The van der Waals surface area contributed by atoms with E-state index in [0.29, 0.717) is 30.9 Å². The molecule has 1 aliphatic rings. The van der Waals surface area contributed by atoms with Crippen molar-refractivity contribution in [3.63, 3.8) is 0 Å². The summed E-state index contributed by atoms with van der Waals surface area (Å²) in [6.07, 6.45) is 1.15. The van der Waals surface area contributed by atoms with E-state index in [0.717, 1.165) is 5.69 Å². The van der Waals surface area contributed by atoms with Crippen molar-refractivity contribution in [1.82, 2.24) is 9.88 Å². The molecule has 0 saturated carbocycles. The maximum absolute atomic E-state index is 12.4. The number of aromatic nitrogens is 1. The quantitative estimate of drug-likeness (QED) is 0.870. The lowest BCUT2D eigenvalue weighted by atomic mass is 10.1. The summed E-state index contributed by atoms with van der Waals surface area (Å²) >= 11 is 0. The summed E-state index contributed by atoms with van der Waals surface area (Å²) in [5.41, 5.74) is 0.765. The molecule has 6 heteroatoms. The van der Waals surface area contributed by atoms with Gasteiger partial charge in [0.2, 0.25) is 5.56 Å². The van der Waals surface area contributed by atoms with E-state index in [1.54, 1.807) is 6.07 Å². The van der Waals surface area contributed by atoms with Crippen LogP contribution in [0.5, 0.6) is 0 Å². The summed E-state index contributed by atoms with van der Waals surface area (Å²) in [7, 11) is 0. The van der Waals surface area contributed by atoms with Crippen LogP contribution in [0.1, 0.15) is 36.3 Å². The van der Waals surface area contributed by atoms with Crippen molar-refractivity contribution in [2.75, 3.05) is 13.1 Å². The molecule has 0 spiro atoms. The minimum Gasteiger partial charge on any atom is -0.481 e. The molecular formula is C15H20N2O4. The smallest absolute Gasteiger partial charge is 0.308 e. The first-order valence-corrected chi connectivity index (χ1v) is 7.12. The molecule has 2 heterocycles. The molecular weight excluding hydrogens is 272 g/mol. The third-order valence-corrected chi connectivity index (χ3v) is 3.60. The Morgan fingerprint density at radius 3 is 2.71 bits per heavy atom. The minimum atomic E-state index is -0.878. The van der Waals surface area contributed by atoms with Crippen molar-refractivity contribution in [2.45, 2.75) is 26.7 Å². The number of rotatable bonds is 4. The number of carboxylic acids is 1. The average Bonchev–Trinajstić information content (AvgIpc) is 2.85. The van der Waals surface area contributed by atoms with Gasteiger partial charge in [0.1, 0.15) is 0 Å². The predicted molar refractivity (Wildman–Crippen MR) is 77.3 cm³/mol. The van der Waals surface area contributed by atoms with E-state index in [4.69, 9.17) is 5.11 Å². The fraction of sp³-hybridized carbons (Fsp3) is 0.533. The van der Waals surface area contributed by atoms with Crippen molar-refractivity contribution in [3.8, 4) is 0 Å². The van der Waals surface area contributed by atoms with E-state index in [9.17, 15) is 14.4 Å². The fourth-order valence-corrected chi connectivity index (χ4v) is 2.60. The summed E-state index contributed by atoms with van der Waals surface area (Å²) in [5.74, 6) is -1.29. The van der Waals surface area contributed by atoms with Crippen LogP contribution >= 0.6 is 0 Å². The van der Waals surface area contributed by atoms with Crippen LogP contribution < -0.4 is 5.56 Å². The van der Waals surface area contributed by atoms with E-state index in [-0.39, 0.29) is 18.0 Å². The van der Waals surface area contributed by atoms with Gasteiger partial charge in [0.05, 0.1) is 5.92 Å². The van der Waals surface area contributed by atoms with E-state index in [2.05, 4.69) is 4.98 Å². The van der Waals surface area contributed by atoms with Gasteiger partial charge < -0.3 is 15.0 Å². The van der Waals surface area contributed by atoms with Gasteiger partial charge in [-0.15, -0.1) is 0 Å². The number of carbonyl (C=O) groups is 2. The first kappa shape index (κ1) is 15.3. The molecule has 0 bridgehead atoms. The second-order valence-corrected chi connectivity index (χ2v) is 5.93. The van der Waals surface area contributed by atoms with Gasteiger partial charge in [-0.3, -0.25) is 14.4 Å². The average molecular weight is 292 g/mol. The van der Waals surface area contributed by atoms with Crippen LogP contribution in [0, 0.1) is 11.8 Å². The van der Waals surface area contributed by atoms with Crippen LogP contribution in [0.3, 0.4) is 0 Å². The standard InChI is InChI=1S/C15H20N2O4/c1-9(2)5-12-6-11(7-13(18)16-12)14(19)17-4-3-10(8-17)15(20)21/h6-7,9-10H,3-5,8H2,1-2H3,(H,16,18)(H,20,21). The lowest BCUT2D eigenvalue weighted by Crippen LogP contribution is -2.31. The van der Waals surface area contributed by atoms with Gasteiger partial charge in [0, 0.05) is 30.4 Å². The molecule has 1 unspecified atom stereocenters. The van der Waals surface area contributed by atoms with E-state index < -0.39 is 11.9 Å². The number of aromatic amines is 1. The Balaban J connectivity index is 2.18.